The Kier molecular flexibility index (Phi) is 5.83. The summed E-state index contributed by atoms with van der Waals surface area (Å²) >= 11 is 0. The van der Waals surface area contributed by atoms with E-state index in [1.807, 2.05) is 45.0 Å². The lowest BCUT2D eigenvalue weighted by Gasteiger charge is -2.22. The normalized spacial score (nSPS) is 14.0. The average Bonchev–Trinajstić information content (AvgIpc) is 2.38. The van der Waals surface area contributed by atoms with Crippen LogP contribution in [-0.4, -0.2) is 19.6 Å². The van der Waals surface area contributed by atoms with Gasteiger partial charge in [0.1, 0.15) is 5.75 Å². The smallest absolute Gasteiger partial charge is 0.225 e. The average molecular weight is 264 g/mol. The minimum atomic E-state index is -0.155. The molecule has 19 heavy (non-hydrogen) atoms. The van der Waals surface area contributed by atoms with E-state index in [9.17, 15) is 4.79 Å². The van der Waals surface area contributed by atoms with Crippen molar-refractivity contribution in [3.8, 4) is 5.75 Å². The Morgan fingerprint density at radius 2 is 1.95 bits per heavy atom. The van der Waals surface area contributed by atoms with Gasteiger partial charge >= 0.3 is 0 Å². The van der Waals surface area contributed by atoms with Gasteiger partial charge in [-0.3, -0.25) is 4.79 Å². The van der Waals surface area contributed by atoms with Gasteiger partial charge in [-0.25, -0.2) is 0 Å². The summed E-state index contributed by atoms with van der Waals surface area (Å²) in [5, 5.41) is 3.00. The topological polar surface area (TPSA) is 64.3 Å². The third-order valence-electron chi connectivity index (χ3n) is 3.36. The van der Waals surface area contributed by atoms with Crippen LogP contribution < -0.4 is 15.8 Å². The molecular weight excluding hydrogens is 240 g/mol. The van der Waals surface area contributed by atoms with Crippen molar-refractivity contribution in [1.29, 1.82) is 0 Å². The van der Waals surface area contributed by atoms with Crippen molar-refractivity contribution in [2.45, 2.75) is 26.8 Å². The zero-order chi connectivity index (χ0) is 14.4. The van der Waals surface area contributed by atoms with Gasteiger partial charge in [-0.2, -0.15) is 0 Å². The van der Waals surface area contributed by atoms with Crippen molar-refractivity contribution >= 4 is 5.91 Å². The number of methoxy groups -OCH3 is 1. The number of hydrogen-bond donors (Lipinski definition) is 2. The van der Waals surface area contributed by atoms with Gasteiger partial charge < -0.3 is 15.8 Å². The molecule has 0 aliphatic heterocycles. The first-order chi connectivity index (χ1) is 9.01. The predicted octanol–water partition coefficient (Wildman–Crippen LogP) is 2.10. The van der Waals surface area contributed by atoms with Crippen molar-refractivity contribution in [3.63, 3.8) is 0 Å². The maximum Gasteiger partial charge on any atom is 0.225 e. The highest BCUT2D eigenvalue weighted by molar-refractivity contribution is 5.79. The van der Waals surface area contributed by atoms with Crippen LogP contribution in [-0.2, 0) is 4.79 Å². The summed E-state index contributed by atoms with van der Waals surface area (Å²) in [5.41, 5.74) is 6.63. The predicted molar refractivity (Wildman–Crippen MR) is 76.9 cm³/mol. The first-order valence-electron chi connectivity index (χ1n) is 6.64. The second kappa shape index (κ2) is 7.14. The SMILES string of the molecule is COc1ccccc1[C@H](C)NC(=O)C(CN)C(C)C. The molecular formula is C15H24N2O2. The molecule has 0 fully saturated rings. The Bertz CT molecular complexity index is 418. The number of nitrogens with one attached hydrogen (secondary N) is 1. The molecule has 0 aliphatic carbocycles. The Balaban J connectivity index is 2.79. The van der Waals surface area contributed by atoms with Crippen molar-refractivity contribution < 1.29 is 9.53 Å². The molecule has 0 heterocycles. The minimum Gasteiger partial charge on any atom is -0.496 e. The second-order valence-electron chi connectivity index (χ2n) is 5.06. The molecule has 1 unspecified atom stereocenters. The van der Waals surface area contributed by atoms with Crippen LogP contribution in [0.1, 0.15) is 32.4 Å². The fraction of sp³-hybridized carbons (Fsp3) is 0.533. The molecule has 106 valence electrons. The van der Waals surface area contributed by atoms with E-state index in [1.165, 1.54) is 0 Å². The van der Waals surface area contributed by atoms with E-state index in [0.29, 0.717) is 6.54 Å². The van der Waals surface area contributed by atoms with Gasteiger partial charge in [0.15, 0.2) is 0 Å². The van der Waals surface area contributed by atoms with Gasteiger partial charge in [-0.1, -0.05) is 32.0 Å². The molecule has 0 bridgehead atoms. The van der Waals surface area contributed by atoms with Crippen LogP contribution in [0.2, 0.25) is 0 Å². The number of benzene rings is 1. The Labute approximate surface area is 115 Å². The highest BCUT2D eigenvalue weighted by Gasteiger charge is 2.23. The number of nitrogens with two attached hydrogens (primary N) is 1. The zero-order valence-corrected chi connectivity index (χ0v) is 12.1. The number of ether oxygens (including phenoxy) is 1. The fourth-order valence-corrected chi connectivity index (χ4v) is 2.10. The van der Waals surface area contributed by atoms with Crippen LogP contribution >= 0.6 is 0 Å². The Morgan fingerprint density at radius 1 is 1.32 bits per heavy atom. The standard InChI is InChI=1S/C15H24N2O2/c1-10(2)13(9-16)15(18)17-11(3)12-7-5-6-8-14(12)19-4/h5-8,10-11,13H,9,16H2,1-4H3,(H,17,18)/t11-,13?/m0/s1. The summed E-state index contributed by atoms with van der Waals surface area (Å²) in [4.78, 5) is 12.2. The minimum absolute atomic E-state index is 0.00379. The lowest BCUT2D eigenvalue weighted by molar-refractivity contribution is -0.126. The molecule has 1 rings (SSSR count). The molecule has 0 saturated carbocycles. The third kappa shape index (κ3) is 3.96. The summed E-state index contributed by atoms with van der Waals surface area (Å²) in [6, 6.07) is 7.59. The number of hydrogen-bond acceptors (Lipinski definition) is 3. The van der Waals surface area contributed by atoms with Gasteiger partial charge in [-0.15, -0.1) is 0 Å². The van der Waals surface area contributed by atoms with Crippen LogP contribution in [0.25, 0.3) is 0 Å². The highest BCUT2D eigenvalue weighted by atomic mass is 16.5. The first kappa shape index (κ1) is 15.5. The van der Waals surface area contributed by atoms with Crippen molar-refractivity contribution in [3.05, 3.63) is 29.8 Å². The summed E-state index contributed by atoms with van der Waals surface area (Å²) in [7, 11) is 1.63. The molecule has 3 N–H and O–H groups in total. The maximum atomic E-state index is 12.2. The molecule has 0 radical (unpaired) electrons. The number of carbonyl (C=O) groups excluding carboxylic acids is 1. The number of para-hydroxylation sites is 1. The van der Waals surface area contributed by atoms with Gasteiger partial charge in [0.2, 0.25) is 5.91 Å². The van der Waals surface area contributed by atoms with Crippen LogP contribution in [0.3, 0.4) is 0 Å². The monoisotopic (exact) mass is 264 g/mol. The number of amides is 1. The van der Waals surface area contributed by atoms with Crippen LogP contribution in [0.15, 0.2) is 24.3 Å². The van der Waals surface area contributed by atoms with Gasteiger partial charge in [0, 0.05) is 12.1 Å². The summed E-state index contributed by atoms with van der Waals surface area (Å²) < 4.78 is 5.31. The van der Waals surface area contributed by atoms with Gasteiger partial charge in [-0.05, 0) is 18.9 Å². The van der Waals surface area contributed by atoms with E-state index >= 15 is 0 Å². The molecule has 1 aromatic rings. The van der Waals surface area contributed by atoms with Gasteiger partial charge in [0.25, 0.3) is 0 Å². The van der Waals surface area contributed by atoms with Crippen molar-refractivity contribution in [1.82, 2.24) is 5.32 Å². The fourth-order valence-electron chi connectivity index (χ4n) is 2.10. The van der Waals surface area contributed by atoms with Crippen LogP contribution in [0, 0.1) is 11.8 Å². The molecule has 4 heteroatoms. The van der Waals surface area contributed by atoms with Crippen LogP contribution in [0.5, 0.6) is 5.75 Å². The van der Waals surface area contributed by atoms with E-state index < -0.39 is 0 Å². The first-order valence-corrected chi connectivity index (χ1v) is 6.64. The molecule has 0 aliphatic rings. The van der Waals surface area contributed by atoms with E-state index in [0.717, 1.165) is 11.3 Å². The molecule has 0 spiro atoms. The van der Waals surface area contributed by atoms with Crippen molar-refractivity contribution in [2.75, 3.05) is 13.7 Å². The lowest BCUT2D eigenvalue weighted by atomic mass is 9.94. The van der Waals surface area contributed by atoms with E-state index in [1.54, 1.807) is 7.11 Å². The van der Waals surface area contributed by atoms with Gasteiger partial charge in [0.05, 0.1) is 19.1 Å². The molecule has 1 aromatic carbocycles. The Hall–Kier alpha value is -1.55. The summed E-state index contributed by atoms with van der Waals surface area (Å²) in [5.74, 6) is 0.854. The zero-order valence-electron chi connectivity index (χ0n) is 12.1. The molecule has 0 aromatic heterocycles. The largest absolute Gasteiger partial charge is 0.496 e. The van der Waals surface area contributed by atoms with E-state index in [-0.39, 0.29) is 23.8 Å². The third-order valence-corrected chi connectivity index (χ3v) is 3.36. The molecule has 2 atom stereocenters. The van der Waals surface area contributed by atoms with E-state index in [4.69, 9.17) is 10.5 Å². The second-order valence-corrected chi connectivity index (χ2v) is 5.06. The number of carbonyl (C=O) groups is 1. The lowest BCUT2D eigenvalue weighted by Crippen LogP contribution is -2.39. The molecule has 1 amide bonds. The molecule has 0 saturated heterocycles. The summed E-state index contributed by atoms with van der Waals surface area (Å²) in [6.45, 7) is 6.32. The quantitative estimate of drug-likeness (QED) is 0.827. The van der Waals surface area contributed by atoms with Crippen LogP contribution in [0.4, 0.5) is 0 Å². The van der Waals surface area contributed by atoms with E-state index in [2.05, 4.69) is 5.32 Å². The summed E-state index contributed by atoms with van der Waals surface area (Å²) in [6.07, 6.45) is 0. The Morgan fingerprint density at radius 3 is 2.47 bits per heavy atom. The number of rotatable bonds is 6. The highest BCUT2D eigenvalue weighted by Crippen LogP contribution is 2.24. The molecule has 4 nitrogen and oxygen atoms in total. The van der Waals surface area contributed by atoms with Crippen molar-refractivity contribution in [2.24, 2.45) is 17.6 Å². The maximum absolute atomic E-state index is 12.2.